The maximum Gasteiger partial charge on any atom is 0.317 e. The van der Waals surface area contributed by atoms with Crippen molar-refractivity contribution >= 4 is 23.2 Å². The van der Waals surface area contributed by atoms with E-state index in [9.17, 15) is 4.79 Å². The maximum atomic E-state index is 12.7. The predicted molar refractivity (Wildman–Crippen MR) is 109 cm³/mol. The molecule has 4 rings (SSSR count). The first-order valence-corrected chi connectivity index (χ1v) is 10.7. The lowest BCUT2D eigenvalue weighted by atomic mass is 10.2. The van der Waals surface area contributed by atoms with Crippen LogP contribution in [0.4, 0.5) is 10.6 Å². The fourth-order valence-corrected chi connectivity index (χ4v) is 4.78. The normalized spacial score (nSPS) is 19.3. The van der Waals surface area contributed by atoms with Crippen molar-refractivity contribution in [3.05, 3.63) is 46.8 Å². The molecule has 2 amide bonds. The van der Waals surface area contributed by atoms with E-state index in [0.29, 0.717) is 12.6 Å². The van der Waals surface area contributed by atoms with Gasteiger partial charge in [-0.15, -0.1) is 11.3 Å². The van der Waals surface area contributed by atoms with Crippen molar-refractivity contribution in [1.82, 2.24) is 20.1 Å². The summed E-state index contributed by atoms with van der Waals surface area (Å²) in [6.07, 6.45) is 4.33. The van der Waals surface area contributed by atoms with Crippen LogP contribution in [0.2, 0.25) is 0 Å². The summed E-state index contributed by atoms with van der Waals surface area (Å²) in [6, 6.07) is 10.6. The summed E-state index contributed by atoms with van der Waals surface area (Å²) in [5, 5.41) is 5.31. The number of amides is 2. The number of carbonyl (C=O) groups excluding carboxylic acids is 1. The van der Waals surface area contributed by atoms with Gasteiger partial charge >= 0.3 is 6.03 Å². The van der Waals surface area contributed by atoms with Crippen molar-refractivity contribution in [2.75, 3.05) is 50.7 Å². The van der Waals surface area contributed by atoms with Crippen molar-refractivity contribution < 1.29 is 4.79 Å². The number of aromatic nitrogens is 1. The number of anilines is 1. The number of rotatable bonds is 5. The lowest BCUT2D eigenvalue weighted by Crippen LogP contribution is -2.53. The highest BCUT2D eigenvalue weighted by atomic mass is 32.1. The zero-order valence-corrected chi connectivity index (χ0v) is 16.4. The first-order chi connectivity index (χ1) is 13.3. The van der Waals surface area contributed by atoms with Crippen LogP contribution < -0.4 is 10.2 Å². The Bertz CT molecular complexity index is 709. The van der Waals surface area contributed by atoms with E-state index in [-0.39, 0.29) is 6.03 Å². The largest absolute Gasteiger partial charge is 0.353 e. The van der Waals surface area contributed by atoms with Crippen molar-refractivity contribution in [3.63, 3.8) is 0 Å². The van der Waals surface area contributed by atoms with Crippen LogP contribution in [0.3, 0.4) is 0 Å². The molecule has 2 aliphatic rings. The van der Waals surface area contributed by atoms with E-state index in [4.69, 9.17) is 0 Å². The predicted octanol–water partition coefficient (Wildman–Crippen LogP) is 2.81. The van der Waals surface area contributed by atoms with Crippen LogP contribution in [-0.4, -0.2) is 66.6 Å². The average molecular weight is 386 g/mol. The van der Waals surface area contributed by atoms with E-state index in [2.05, 4.69) is 37.6 Å². The molecule has 4 heterocycles. The molecule has 0 aliphatic carbocycles. The SMILES string of the molecule is O=C(NCC(c1cccs1)N1CCCC1)N1CCN(c2ccccn2)CC1. The van der Waals surface area contributed by atoms with Crippen LogP contribution in [-0.2, 0) is 0 Å². The van der Waals surface area contributed by atoms with Gasteiger partial charge in [0.05, 0.1) is 6.04 Å². The Hall–Kier alpha value is -2.12. The standard InChI is InChI=1S/C20H27N5OS/c26-20(25-13-11-24(12-14-25)19-7-1-2-8-21-19)22-16-17(18-6-5-15-27-18)23-9-3-4-10-23/h1-2,5-8,15,17H,3-4,9-14,16H2,(H,22,26). The van der Waals surface area contributed by atoms with Crippen LogP contribution >= 0.6 is 11.3 Å². The molecular weight excluding hydrogens is 358 g/mol. The van der Waals surface area contributed by atoms with Crippen molar-refractivity contribution in [1.29, 1.82) is 0 Å². The Morgan fingerprint density at radius 3 is 2.56 bits per heavy atom. The number of thiophene rings is 1. The van der Waals surface area contributed by atoms with E-state index < -0.39 is 0 Å². The molecule has 1 N–H and O–H groups in total. The molecule has 2 aromatic heterocycles. The molecule has 6 nitrogen and oxygen atoms in total. The molecule has 0 radical (unpaired) electrons. The van der Waals surface area contributed by atoms with Crippen molar-refractivity contribution in [2.45, 2.75) is 18.9 Å². The van der Waals surface area contributed by atoms with Crippen LogP contribution in [0, 0.1) is 0 Å². The summed E-state index contributed by atoms with van der Waals surface area (Å²) >= 11 is 1.78. The molecule has 2 fully saturated rings. The molecule has 2 aromatic rings. The third-order valence-corrected chi connectivity index (χ3v) is 6.41. The van der Waals surface area contributed by atoms with Crippen LogP contribution in [0.15, 0.2) is 41.9 Å². The minimum atomic E-state index is 0.0522. The first-order valence-electron chi connectivity index (χ1n) is 9.77. The Balaban J connectivity index is 1.30. The number of pyridine rings is 1. The maximum absolute atomic E-state index is 12.7. The van der Waals surface area contributed by atoms with Gasteiger partial charge in [-0.3, -0.25) is 4.90 Å². The molecule has 1 atom stereocenters. The molecule has 0 bridgehead atoms. The minimum absolute atomic E-state index is 0.0522. The monoisotopic (exact) mass is 385 g/mol. The second-order valence-electron chi connectivity index (χ2n) is 7.12. The van der Waals surface area contributed by atoms with Gasteiger partial charge < -0.3 is 15.1 Å². The van der Waals surface area contributed by atoms with E-state index >= 15 is 0 Å². The smallest absolute Gasteiger partial charge is 0.317 e. The van der Waals surface area contributed by atoms with Crippen LogP contribution in [0.1, 0.15) is 23.8 Å². The number of nitrogens with zero attached hydrogens (tertiary/aromatic N) is 4. The Kier molecular flexibility index (Phi) is 5.89. The van der Waals surface area contributed by atoms with Gasteiger partial charge in [0.15, 0.2) is 0 Å². The quantitative estimate of drug-likeness (QED) is 0.860. The molecule has 0 saturated carbocycles. The minimum Gasteiger partial charge on any atom is -0.353 e. The Labute approximate surface area is 164 Å². The molecule has 1 unspecified atom stereocenters. The highest BCUT2D eigenvalue weighted by Crippen LogP contribution is 2.27. The molecule has 0 aromatic carbocycles. The number of piperazine rings is 1. The van der Waals surface area contributed by atoms with Gasteiger partial charge in [0, 0.05) is 43.8 Å². The molecule has 7 heteroatoms. The zero-order chi connectivity index (χ0) is 18.5. The van der Waals surface area contributed by atoms with Gasteiger partial charge in [-0.25, -0.2) is 9.78 Å². The lowest BCUT2D eigenvalue weighted by Gasteiger charge is -2.36. The second-order valence-corrected chi connectivity index (χ2v) is 8.10. The lowest BCUT2D eigenvalue weighted by molar-refractivity contribution is 0.185. The molecule has 27 heavy (non-hydrogen) atoms. The summed E-state index contributed by atoms with van der Waals surface area (Å²) in [5.74, 6) is 0.990. The number of nitrogens with one attached hydrogen (secondary N) is 1. The van der Waals surface area contributed by atoms with E-state index in [1.54, 1.807) is 11.3 Å². The van der Waals surface area contributed by atoms with Gasteiger partial charge in [0.2, 0.25) is 0 Å². The Morgan fingerprint density at radius 1 is 1.07 bits per heavy atom. The van der Waals surface area contributed by atoms with Gasteiger partial charge in [0.25, 0.3) is 0 Å². The third kappa shape index (κ3) is 4.42. The van der Waals surface area contributed by atoms with Crippen LogP contribution in [0.25, 0.3) is 0 Å². The summed E-state index contributed by atoms with van der Waals surface area (Å²) < 4.78 is 0. The fraction of sp³-hybridized carbons (Fsp3) is 0.500. The number of hydrogen-bond donors (Lipinski definition) is 1. The van der Waals surface area contributed by atoms with E-state index in [1.165, 1.54) is 17.7 Å². The highest BCUT2D eigenvalue weighted by molar-refractivity contribution is 7.10. The molecular formula is C20H27N5OS. The van der Waals surface area contributed by atoms with Gasteiger partial charge in [-0.1, -0.05) is 12.1 Å². The molecule has 144 valence electrons. The summed E-state index contributed by atoms with van der Waals surface area (Å²) in [5.41, 5.74) is 0. The number of carbonyl (C=O) groups is 1. The number of hydrogen-bond acceptors (Lipinski definition) is 5. The van der Waals surface area contributed by atoms with E-state index in [1.807, 2.05) is 29.3 Å². The van der Waals surface area contributed by atoms with Crippen LogP contribution in [0.5, 0.6) is 0 Å². The Morgan fingerprint density at radius 2 is 1.89 bits per heavy atom. The van der Waals surface area contributed by atoms with Crippen molar-refractivity contribution in [3.8, 4) is 0 Å². The topological polar surface area (TPSA) is 51.7 Å². The summed E-state index contributed by atoms with van der Waals surface area (Å²) in [6.45, 7) is 6.05. The average Bonchev–Trinajstić information content (AvgIpc) is 3.44. The molecule has 0 spiro atoms. The molecule has 2 aliphatic heterocycles. The summed E-state index contributed by atoms with van der Waals surface area (Å²) in [7, 11) is 0. The summed E-state index contributed by atoms with van der Waals surface area (Å²) in [4.78, 5) is 25.1. The second kappa shape index (κ2) is 8.71. The van der Waals surface area contributed by atoms with E-state index in [0.717, 1.165) is 45.1 Å². The number of urea groups is 1. The van der Waals surface area contributed by atoms with Gasteiger partial charge in [-0.05, 0) is 49.5 Å². The zero-order valence-electron chi connectivity index (χ0n) is 15.6. The van der Waals surface area contributed by atoms with Crippen molar-refractivity contribution in [2.24, 2.45) is 0 Å². The third-order valence-electron chi connectivity index (χ3n) is 5.44. The number of likely N-dealkylation sites (tertiary alicyclic amines) is 1. The molecule has 2 saturated heterocycles. The fourth-order valence-electron chi connectivity index (χ4n) is 3.92. The first kappa shape index (κ1) is 18.3. The van der Waals surface area contributed by atoms with Gasteiger partial charge in [-0.2, -0.15) is 0 Å². The van der Waals surface area contributed by atoms with Gasteiger partial charge in [0.1, 0.15) is 5.82 Å². The highest BCUT2D eigenvalue weighted by Gasteiger charge is 2.26.